The summed E-state index contributed by atoms with van der Waals surface area (Å²) in [6.45, 7) is 6.25. The average molecular weight is 315 g/mol. The predicted molar refractivity (Wildman–Crippen MR) is 84.0 cm³/mol. The van der Waals surface area contributed by atoms with Crippen molar-refractivity contribution in [3.63, 3.8) is 0 Å². The maximum absolute atomic E-state index is 5.20. The van der Waals surface area contributed by atoms with Gasteiger partial charge in [-0.2, -0.15) is 4.68 Å². The van der Waals surface area contributed by atoms with Crippen LogP contribution >= 0.6 is 11.8 Å². The van der Waals surface area contributed by atoms with Crippen LogP contribution in [0.15, 0.2) is 40.0 Å². The van der Waals surface area contributed by atoms with Crippen molar-refractivity contribution >= 4 is 11.8 Å². The molecule has 1 aromatic carbocycles. The Morgan fingerprint density at radius 1 is 1.23 bits per heavy atom. The third kappa shape index (κ3) is 3.19. The Morgan fingerprint density at radius 2 is 2.00 bits per heavy atom. The number of hydrogen-bond acceptors (Lipinski definition) is 6. The minimum Gasteiger partial charge on any atom is -0.360 e. The van der Waals surface area contributed by atoms with Gasteiger partial charge in [-0.25, -0.2) is 0 Å². The summed E-state index contributed by atoms with van der Waals surface area (Å²) in [6, 6.07) is 10.2. The van der Waals surface area contributed by atoms with E-state index in [1.54, 1.807) is 4.68 Å². The number of tetrazole rings is 1. The number of thioether (sulfide) groups is 1. The van der Waals surface area contributed by atoms with E-state index in [0.717, 1.165) is 22.3 Å². The van der Waals surface area contributed by atoms with Crippen molar-refractivity contribution in [2.45, 2.75) is 37.6 Å². The van der Waals surface area contributed by atoms with Crippen LogP contribution in [0.25, 0.3) is 5.69 Å². The van der Waals surface area contributed by atoms with Gasteiger partial charge in [-0.05, 0) is 41.0 Å². The number of aryl methyl sites for hydroxylation is 1. The largest absolute Gasteiger partial charge is 0.360 e. The van der Waals surface area contributed by atoms with Crippen molar-refractivity contribution in [1.29, 1.82) is 0 Å². The van der Waals surface area contributed by atoms with Crippen LogP contribution in [0.2, 0.25) is 0 Å². The number of aromatic nitrogens is 5. The lowest BCUT2D eigenvalue weighted by atomic mass is 10.0. The highest BCUT2D eigenvalue weighted by Gasteiger charge is 2.11. The molecule has 0 amide bonds. The molecular formula is C15H17N5OS. The standard InChI is InChI=1S/C15H17N5OS/c1-10(2)12-4-6-13(7-5-12)20-15(16-18-19-20)22-9-14-8-11(3)17-21-14/h4-8,10H,9H2,1-3H3. The van der Waals surface area contributed by atoms with Crippen molar-refractivity contribution < 1.29 is 4.52 Å². The Morgan fingerprint density at radius 3 is 2.64 bits per heavy atom. The summed E-state index contributed by atoms with van der Waals surface area (Å²) in [5, 5.41) is 16.5. The molecule has 22 heavy (non-hydrogen) atoms. The molecule has 0 atom stereocenters. The van der Waals surface area contributed by atoms with Crippen LogP contribution in [0.4, 0.5) is 0 Å². The second-order valence-corrected chi connectivity index (χ2v) is 6.29. The van der Waals surface area contributed by atoms with Crippen molar-refractivity contribution in [2.75, 3.05) is 0 Å². The number of nitrogens with zero attached hydrogens (tertiary/aromatic N) is 5. The van der Waals surface area contributed by atoms with E-state index in [9.17, 15) is 0 Å². The third-order valence-electron chi connectivity index (χ3n) is 3.27. The molecule has 6 nitrogen and oxygen atoms in total. The van der Waals surface area contributed by atoms with Crippen LogP contribution in [0.3, 0.4) is 0 Å². The summed E-state index contributed by atoms with van der Waals surface area (Å²) < 4.78 is 6.94. The molecule has 0 unspecified atom stereocenters. The smallest absolute Gasteiger partial charge is 0.214 e. The minimum absolute atomic E-state index is 0.506. The first-order valence-corrected chi connectivity index (χ1v) is 8.06. The summed E-state index contributed by atoms with van der Waals surface area (Å²) in [4.78, 5) is 0. The lowest BCUT2D eigenvalue weighted by Crippen LogP contribution is -1.99. The topological polar surface area (TPSA) is 69.6 Å². The number of benzene rings is 1. The summed E-state index contributed by atoms with van der Waals surface area (Å²) in [5.41, 5.74) is 3.12. The Balaban J connectivity index is 1.76. The van der Waals surface area contributed by atoms with E-state index in [1.165, 1.54) is 17.3 Å². The van der Waals surface area contributed by atoms with Gasteiger partial charge in [0.1, 0.15) is 5.76 Å². The van der Waals surface area contributed by atoms with Crippen LogP contribution in [-0.4, -0.2) is 25.4 Å². The van der Waals surface area contributed by atoms with E-state index in [2.05, 4.69) is 46.7 Å². The quantitative estimate of drug-likeness (QED) is 0.672. The molecule has 0 N–H and O–H groups in total. The molecule has 0 saturated carbocycles. The van der Waals surface area contributed by atoms with Crippen molar-refractivity contribution in [3.05, 3.63) is 47.3 Å². The number of rotatable bonds is 5. The first-order valence-electron chi connectivity index (χ1n) is 7.07. The summed E-state index contributed by atoms with van der Waals surface area (Å²) in [7, 11) is 0. The molecule has 2 aromatic heterocycles. The predicted octanol–water partition coefficient (Wildman–Crippen LogP) is 3.37. The zero-order chi connectivity index (χ0) is 15.5. The van der Waals surface area contributed by atoms with Crippen molar-refractivity contribution in [2.24, 2.45) is 0 Å². The maximum atomic E-state index is 5.20. The molecule has 0 spiro atoms. The maximum Gasteiger partial charge on any atom is 0.214 e. The molecule has 0 aliphatic heterocycles. The van der Waals surface area contributed by atoms with Gasteiger partial charge in [-0.15, -0.1) is 5.10 Å². The minimum atomic E-state index is 0.506. The summed E-state index contributed by atoms with van der Waals surface area (Å²) in [5.74, 6) is 1.96. The first-order chi connectivity index (χ1) is 10.6. The van der Waals surface area contributed by atoms with Crippen molar-refractivity contribution in [1.82, 2.24) is 25.4 Å². The van der Waals surface area contributed by atoms with E-state index < -0.39 is 0 Å². The van der Waals surface area contributed by atoms with Gasteiger partial charge >= 0.3 is 0 Å². The van der Waals surface area contributed by atoms with Gasteiger partial charge in [0.05, 0.1) is 17.1 Å². The van der Waals surface area contributed by atoms with Crippen LogP contribution in [0.5, 0.6) is 0 Å². The Bertz CT molecular complexity index is 747. The Kier molecular flexibility index (Phi) is 4.24. The molecular weight excluding hydrogens is 298 g/mol. The molecule has 0 fully saturated rings. The van der Waals surface area contributed by atoms with E-state index in [4.69, 9.17) is 4.52 Å². The van der Waals surface area contributed by atoms with E-state index in [-0.39, 0.29) is 0 Å². The molecule has 3 aromatic rings. The SMILES string of the molecule is Cc1cc(CSc2nnnn2-c2ccc(C(C)C)cc2)on1. The van der Waals surface area contributed by atoms with Gasteiger partial charge in [0.2, 0.25) is 5.16 Å². The zero-order valence-corrected chi connectivity index (χ0v) is 13.5. The Hall–Kier alpha value is -2.15. The lowest BCUT2D eigenvalue weighted by molar-refractivity contribution is 0.391. The highest BCUT2D eigenvalue weighted by atomic mass is 32.2. The third-order valence-corrected chi connectivity index (χ3v) is 4.21. The first kappa shape index (κ1) is 14.8. The van der Waals surface area contributed by atoms with Gasteiger partial charge < -0.3 is 4.52 Å². The Labute approximate surface area is 132 Å². The zero-order valence-electron chi connectivity index (χ0n) is 12.7. The molecule has 7 heteroatoms. The number of hydrogen-bond donors (Lipinski definition) is 0. The molecule has 2 heterocycles. The lowest BCUT2D eigenvalue weighted by Gasteiger charge is -2.07. The highest BCUT2D eigenvalue weighted by Crippen LogP contribution is 2.23. The molecule has 3 rings (SSSR count). The van der Waals surface area contributed by atoms with Crippen molar-refractivity contribution in [3.8, 4) is 5.69 Å². The molecule has 0 bridgehead atoms. The van der Waals surface area contributed by atoms with Gasteiger partial charge in [0.15, 0.2) is 0 Å². The average Bonchev–Trinajstić information content (AvgIpc) is 3.14. The van der Waals surface area contributed by atoms with E-state index in [0.29, 0.717) is 11.7 Å². The second-order valence-electron chi connectivity index (χ2n) is 5.34. The fraction of sp³-hybridized carbons (Fsp3) is 0.333. The van der Waals surface area contributed by atoms with Crippen LogP contribution in [-0.2, 0) is 5.75 Å². The molecule has 114 valence electrons. The molecule has 0 saturated heterocycles. The molecule has 0 radical (unpaired) electrons. The second kappa shape index (κ2) is 6.31. The van der Waals surface area contributed by atoms with Crippen LogP contribution < -0.4 is 0 Å². The normalized spacial score (nSPS) is 11.3. The fourth-order valence-electron chi connectivity index (χ4n) is 2.05. The van der Waals surface area contributed by atoms with E-state index in [1.807, 2.05) is 25.1 Å². The highest BCUT2D eigenvalue weighted by molar-refractivity contribution is 7.98. The van der Waals surface area contributed by atoms with Gasteiger partial charge in [-0.1, -0.05) is 42.9 Å². The summed E-state index contributed by atoms with van der Waals surface area (Å²) in [6.07, 6.45) is 0. The van der Waals surface area contributed by atoms with E-state index >= 15 is 0 Å². The fourth-order valence-corrected chi connectivity index (χ4v) is 2.82. The van der Waals surface area contributed by atoms with Gasteiger partial charge in [0, 0.05) is 6.07 Å². The monoisotopic (exact) mass is 315 g/mol. The van der Waals surface area contributed by atoms with Gasteiger partial charge in [0.25, 0.3) is 0 Å². The summed E-state index contributed by atoms with van der Waals surface area (Å²) >= 11 is 1.52. The van der Waals surface area contributed by atoms with Gasteiger partial charge in [-0.3, -0.25) is 0 Å². The van der Waals surface area contributed by atoms with Crippen LogP contribution in [0.1, 0.15) is 36.8 Å². The molecule has 0 aliphatic carbocycles. The van der Waals surface area contributed by atoms with Crippen LogP contribution in [0, 0.1) is 6.92 Å². The molecule has 0 aliphatic rings.